The second kappa shape index (κ2) is 8.65. The normalized spacial score (nSPS) is 11.6. The molecule has 0 fully saturated rings. The molecule has 2 rings (SSSR count). The molecule has 0 bridgehead atoms. The molecular formula is C16H18O4P+. The maximum Gasteiger partial charge on any atom is 0.510 e. The van der Waals surface area contributed by atoms with E-state index in [2.05, 4.69) is 0 Å². The topological polar surface area (TPSA) is 55.8 Å². The largest absolute Gasteiger partial charge is 0.510 e. The van der Waals surface area contributed by atoms with E-state index in [0.29, 0.717) is 13.2 Å². The van der Waals surface area contributed by atoms with Gasteiger partial charge in [0, 0.05) is 0 Å². The molecule has 0 spiro atoms. The molecule has 0 saturated heterocycles. The van der Waals surface area contributed by atoms with E-state index in [-0.39, 0.29) is 6.16 Å². The lowest BCUT2D eigenvalue weighted by Gasteiger charge is -2.14. The van der Waals surface area contributed by atoms with Gasteiger partial charge < -0.3 is 9.47 Å². The highest BCUT2D eigenvalue weighted by Gasteiger charge is 2.22. The van der Waals surface area contributed by atoms with Crippen LogP contribution in [0.5, 0.6) is 0 Å². The van der Waals surface area contributed by atoms with Crippen LogP contribution in [-0.2, 0) is 27.3 Å². The zero-order valence-electron chi connectivity index (χ0n) is 11.6. The molecule has 5 heteroatoms. The van der Waals surface area contributed by atoms with Gasteiger partial charge in [0.05, 0.1) is 13.2 Å². The molecule has 0 aromatic heterocycles. The third-order valence-electron chi connectivity index (χ3n) is 2.86. The standard InChI is InChI=1S/C16H17O4P/c17-21(18)13-16(19-11-14-7-3-1-4-8-14)20-12-15-9-5-2-6-10-15/h1-10,16H,11-13H2/p+1. The third kappa shape index (κ3) is 6.15. The number of ether oxygens (including phenoxy) is 2. The molecule has 0 amide bonds. The Morgan fingerprint density at radius 3 is 1.67 bits per heavy atom. The first-order valence-electron chi connectivity index (χ1n) is 6.68. The molecule has 0 radical (unpaired) electrons. The minimum absolute atomic E-state index is 0.0327. The highest BCUT2D eigenvalue weighted by Crippen LogP contribution is 2.19. The van der Waals surface area contributed by atoms with Crippen molar-refractivity contribution in [2.45, 2.75) is 19.5 Å². The van der Waals surface area contributed by atoms with Crippen molar-refractivity contribution in [1.82, 2.24) is 0 Å². The van der Waals surface area contributed by atoms with E-state index in [0.717, 1.165) is 11.1 Å². The van der Waals surface area contributed by atoms with Crippen molar-refractivity contribution in [1.29, 1.82) is 0 Å². The van der Waals surface area contributed by atoms with Crippen molar-refractivity contribution >= 4 is 8.03 Å². The fourth-order valence-electron chi connectivity index (χ4n) is 1.81. The lowest BCUT2D eigenvalue weighted by atomic mass is 10.2. The van der Waals surface area contributed by atoms with Gasteiger partial charge in [0.25, 0.3) is 0 Å². The summed E-state index contributed by atoms with van der Waals surface area (Å²) >= 11 is 0. The predicted molar refractivity (Wildman–Crippen MR) is 80.9 cm³/mol. The first-order valence-corrected chi connectivity index (χ1v) is 8.08. The summed E-state index contributed by atoms with van der Waals surface area (Å²) in [6.07, 6.45) is -0.728. The van der Waals surface area contributed by atoms with Crippen molar-refractivity contribution in [3.8, 4) is 0 Å². The zero-order valence-corrected chi connectivity index (χ0v) is 12.5. The van der Waals surface area contributed by atoms with Gasteiger partial charge in [-0.05, 0) is 15.7 Å². The van der Waals surface area contributed by atoms with Gasteiger partial charge in [0.2, 0.25) is 12.5 Å². The summed E-state index contributed by atoms with van der Waals surface area (Å²) in [7, 11) is -2.30. The van der Waals surface area contributed by atoms with Crippen LogP contribution in [0.4, 0.5) is 0 Å². The molecule has 1 N–H and O–H groups in total. The minimum atomic E-state index is -2.30. The van der Waals surface area contributed by atoms with Crippen molar-refractivity contribution in [2.75, 3.05) is 6.16 Å². The van der Waals surface area contributed by atoms with E-state index >= 15 is 0 Å². The summed E-state index contributed by atoms with van der Waals surface area (Å²) in [6.45, 7) is 0.701. The Bertz CT molecular complexity index is 501. The average Bonchev–Trinajstić information content (AvgIpc) is 2.51. The Morgan fingerprint density at radius 1 is 0.857 bits per heavy atom. The number of benzene rings is 2. The van der Waals surface area contributed by atoms with Crippen molar-refractivity contribution in [3.63, 3.8) is 0 Å². The quantitative estimate of drug-likeness (QED) is 0.599. The van der Waals surface area contributed by atoms with Gasteiger partial charge in [0.15, 0.2) is 0 Å². The second-order valence-electron chi connectivity index (χ2n) is 4.56. The monoisotopic (exact) mass is 305 g/mol. The highest BCUT2D eigenvalue weighted by atomic mass is 31.1. The van der Waals surface area contributed by atoms with Gasteiger partial charge in [0.1, 0.15) is 0 Å². The van der Waals surface area contributed by atoms with Crippen LogP contribution in [-0.4, -0.2) is 17.3 Å². The fraction of sp³-hybridized carbons (Fsp3) is 0.250. The first-order chi connectivity index (χ1) is 10.2. The van der Waals surface area contributed by atoms with Gasteiger partial charge in [-0.1, -0.05) is 60.7 Å². The van der Waals surface area contributed by atoms with Gasteiger partial charge in [-0.25, -0.2) is 0 Å². The molecule has 110 valence electrons. The molecule has 0 heterocycles. The van der Waals surface area contributed by atoms with Crippen LogP contribution in [0, 0.1) is 0 Å². The van der Waals surface area contributed by atoms with Crippen molar-refractivity contribution < 1.29 is 18.9 Å². The molecule has 2 aromatic carbocycles. The average molecular weight is 305 g/mol. The smallest absolute Gasteiger partial charge is 0.344 e. The Morgan fingerprint density at radius 2 is 1.29 bits per heavy atom. The summed E-state index contributed by atoms with van der Waals surface area (Å²) in [5.41, 5.74) is 2.00. The summed E-state index contributed by atoms with van der Waals surface area (Å²) in [5.74, 6) is 0. The Kier molecular flexibility index (Phi) is 6.51. The van der Waals surface area contributed by atoms with Gasteiger partial charge in [-0.3, -0.25) is 0 Å². The van der Waals surface area contributed by atoms with Gasteiger partial charge in [-0.15, -0.1) is 0 Å². The Hall–Kier alpha value is -1.58. The van der Waals surface area contributed by atoms with Crippen LogP contribution in [0.3, 0.4) is 0 Å². The highest BCUT2D eigenvalue weighted by molar-refractivity contribution is 7.38. The number of hydrogen-bond donors (Lipinski definition) is 1. The summed E-state index contributed by atoms with van der Waals surface area (Å²) in [6, 6.07) is 19.3. The van der Waals surface area contributed by atoms with Crippen LogP contribution in [0.2, 0.25) is 0 Å². The number of rotatable bonds is 8. The van der Waals surface area contributed by atoms with Gasteiger partial charge >= 0.3 is 8.03 Å². The summed E-state index contributed by atoms with van der Waals surface area (Å²) in [4.78, 5) is 9.07. The second-order valence-corrected chi connectivity index (χ2v) is 5.63. The maximum atomic E-state index is 11.0. The van der Waals surface area contributed by atoms with Crippen LogP contribution < -0.4 is 0 Å². The van der Waals surface area contributed by atoms with Crippen molar-refractivity contribution in [3.05, 3.63) is 71.8 Å². The molecule has 0 saturated carbocycles. The van der Waals surface area contributed by atoms with E-state index in [1.807, 2.05) is 60.7 Å². The lowest BCUT2D eigenvalue weighted by Crippen LogP contribution is -2.20. The first kappa shape index (κ1) is 15.8. The van der Waals surface area contributed by atoms with E-state index in [1.165, 1.54) is 0 Å². The van der Waals surface area contributed by atoms with Crippen molar-refractivity contribution in [2.24, 2.45) is 0 Å². The molecule has 0 aliphatic rings. The molecular weight excluding hydrogens is 287 g/mol. The Labute approximate surface area is 125 Å². The summed E-state index contributed by atoms with van der Waals surface area (Å²) < 4.78 is 22.2. The maximum absolute atomic E-state index is 11.0. The zero-order chi connectivity index (χ0) is 14.9. The predicted octanol–water partition coefficient (Wildman–Crippen LogP) is 3.48. The SMILES string of the molecule is O=[P+](O)CC(OCc1ccccc1)OCc1ccccc1. The molecule has 4 nitrogen and oxygen atoms in total. The van der Waals surface area contributed by atoms with Crippen LogP contribution in [0.15, 0.2) is 60.7 Å². The van der Waals surface area contributed by atoms with E-state index in [9.17, 15) is 4.57 Å². The van der Waals surface area contributed by atoms with Crippen LogP contribution in [0.25, 0.3) is 0 Å². The molecule has 1 unspecified atom stereocenters. The van der Waals surface area contributed by atoms with Crippen LogP contribution in [0.1, 0.15) is 11.1 Å². The lowest BCUT2D eigenvalue weighted by molar-refractivity contribution is -0.142. The molecule has 21 heavy (non-hydrogen) atoms. The van der Waals surface area contributed by atoms with Crippen LogP contribution >= 0.6 is 8.03 Å². The van der Waals surface area contributed by atoms with E-state index < -0.39 is 14.3 Å². The van der Waals surface area contributed by atoms with Gasteiger partial charge in [-0.2, -0.15) is 4.89 Å². The fourth-order valence-corrected chi connectivity index (χ4v) is 2.27. The molecule has 0 aliphatic heterocycles. The number of hydrogen-bond acceptors (Lipinski definition) is 3. The molecule has 1 atom stereocenters. The van der Waals surface area contributed by atoms with E-state index in [1.54, 1.807) is 0 Å². The molecule has 2 aromatic rings. The minimum Gasteiger partial charge on any atom is -0.344 e. The Balaban J connectivity index is 1.87. The van der Waals surface area contributed by atoms with E-state index in [4.69, 9.17) is 14.4 Å². The molecule has 0 aliphatic carbocycles. The third-order valence-corrected chi connectivity index (χ3v) is 3.47. The summed E-state index contributed by atoms with van der Waals surface area (Å²) in [5, 5.41) is 0.